The molecule has 8 fully saturated rings. The molecule has 0 radical (unpaired) electrons. The van der Waals surface area contributed by atoms with Crippen molar-refractivity contribution in [1.82, 2.24) is 0 Å². The van der Waals surface area contributed by atoms with Crippen LogP contribution in [0, 0.1) is 45.8 Å². The molecule has 0 bridgehead atoms. The summed E-state index contributed by atoms with van der Waals surface area (Å²) in [6, 6.07) is 0. The van der Waals surface area contributed by atoms with E-state index >= 15 is 0 Å². The lowest BCUT2D eigenvalue weighted by Crippen LogP contribution is -2.66. The SMILES string of the molecule is CC(C)=CCCC(C)(O[C@@H]1O[C@H](CO[C@@H]2OC[C@@H](O)C(O)[C@@H]2O)[C@@H](O)[C@H](O)[C@H]1O)C1CC[C@@]2(C)C3CCC4C(C)(C)C(O[C@@H]5O[C@H](CO)[C@@H](O)[C@H](O)C5O[C@@H]5O[C@H](COC(=O)CC(=O)O)[C@@H](O)[C@H](O)[C@H]5O)CCC4(C)C3CC(O)C12. The van der Waals surface area contributed by atoms with Gasteiger partial charge in [0.1, 0.15) is 105 Å². The van der Waals surface area contributed by atoms with Crippen LogP contribution in [0.15, 0.2) is 11.6 Å². The highest BCUT2D eigenvalue weighted by molar-refractivity contribution is 5.90. The van der Waals surface area contributed by atoms with Crippen molar-refractivity contribution in [2.45, 2.75) is 247 Å². The summed E-state index contributed by atoms with van der Waals surface area (Å²) in [4.78, 5) is 23.0. The van der Waals surface area contributed by atoms with E-state index in [-0.39, 0.29) is 47.0 Å². The van der Waals surface area contributed by atoms with Crippen LogP contribution in [0.5, 0.6) is 0 Å². The van der Waals surface area contributed by atoms with Crippen LogP contribution in [0.4, 0.5) is 0 Å². The Kier molecular flexibility index (Phi) is 20.0. The Bertz CT molecular complexity index is 2130. The maximum absolute atomic E-state index is 12.7. The van der Waals surface area contributed by atoms with E-state index < -0.39 is 178 Å². The first-order chi connectivity index (χ1) is 37.5. The molecule has 8 aliphatic rings. The van der Waals surface area contributed by atoms with Crippen molar-refractivity contribution in [3.05, 3.63) is 11.6 Å². The Morgan fingerprint density at radius 2 is 1.24 bits per heavy atom. The lowest BCUT2D eigenvalue weighted by atomic mass is 9.39. The smallest absolute Gasteiger partial charge is 0.317 e. The number of esters is 1. The largest absolute Gasteiger partial charge is 0.481 e. The number of aliphatic carboxylic acids is 1. The fourth-order valence-electron chi connectivity index (χ4n) is 15.8. The Labute approximate surface area is 465 Å². The van der Waals surface area contributed by atoms with E-state index in [9.17, 15) is 76.0 Å². The number of aliphatic hydroxyl groups excluding tert-OH is 13. The van der Waals surface area contributed by atoms with Gasteiger partial charge in [0.05, 0.1) is 37.6 Å². The molecule has 4 heterocycles. The minimum absolute atomic E-state index is 0.0160. The zero-order chi connectivity index (χ0) is 58.7. The van der Waals surface area contributed by atoms with Crippen molar-refractivity contribution in [3.63, 3.8) is 0 Å². The number of carbonyl (C=O) groups is 2. The number of carboxylic acids is 1. The summed E-state index contributed by atoms with van der Waals surface area (Å²) in [6.45, 7) is 12.5. The predicted molar refractivity (Wildman–Crippen MR) is 272 cm³/mol. The molecule has 4 saturated carbocycles. The van der Waals surface area contributed by atoms with Gasteiger partial charge in [-0.05, 0) is 124 Å². The van der Waals surface area contributed by atoms with Gasteiger partial charge in [-0.15, -0.1) is 0 Å². The van der Waals surface area contributed by atoms with Gasteiger partial charge in [0.15, 0.2) is 25.2 Å². The number of ether oxygens (including phenoxy) is 9. The number of fused-ring (bicyclic) bond motifs is 5. The van der Waals surface area contributed by atoms with Gasteiger partial charge in [0.2, 0.25) is 0 Å². The van der Waals surface area contributed by atoms with Crippen LogP contribution in [0.25, 0.3) is 0 Å². The van der Waals surface area contributed by atoms with Crippen LogP contribution < -0.4 is 0 Å². The third-order valence-electron chi connectivity index (χ3n) is 20.2. The zero-order valence-corrected chi connectivity index (χ0v) is 46.7. The summed E-state index contributed by atoms with van der Waals surface area (Å²) < 4.78 is 53.8. The number of allylic oxidation sites excluding steroid dienone is 2. The molecule has 4 aliphatic carbocycles. The van der Waals surface area contributed by atoms with Crippen molar-refractivity contribution < 1.29 is 124 Å². The number of carboxylic acid groups (broad SMARTS) is 1. The minimum atomic E-state index is -1.94. The van der Waals surface area contributed by atoms with E-state index in [0.29, 0.717) is 38.5 Å². The number of aliphatic hydroxyl groups is 13. The molecule has 4 saturated heterocycles. The molecular formula is C55H90O25. The van der Waals surface area contributed by atoms with Gasteiger partial charge in [-0.2, -0.15) is 0 Å². The summed E-state index contributed by atoms with van der Waals surface area (Å²) >= 11 is 0. The molecule has 0 spiro atoms. The second-order valence-corrected chi connectivity index (χ2v) is 25.7. The predicted octanol–water partition coefficient (Wildman–Crippen LogP) is -1.93. The highest BCUT2D eigenvalue weighted by Gasteiger charge is 2.68. The molecule has 29 atom stereocenters. The van der Waals surface area contributed by atoms with E-state index in [4.69, 9.17) is 47.7 Å². The monoisotopic (exact) mass is 1150 g/mol. The summed E-state index contributed by atoms with van der Waals surface area (Å²) in [5, 5.41) is 151. The summed E-state index contributed by atoms with van der Waals surface area (Å²) in [6.07, 6.45) is -25.3. The molecule has 14 N–H and O–H groups in total. The molecule has 0 amide bonds. The molecule has 25 heteroatoms. The molecule has 4 aliphatic heterocycles. The van der Waals surface area contributed by atoms with Crippen LogP contribution in [0.1, 0.15) is 113 Å². The fourth-order valence-corrected chi connectivity index (χ4v) is 15.8. The first-order valence-electron chi connectivity index (χ1n) is 28.5. The van der Waals surface area contributed by atoms with Crippen molar-refractivity contribution in [3.8, 4) is 0 Å². The number of rotatable bonds is 18. The number of hydrogen-bond acceptors (Lipinski definition) is 24. The molecule has 460 valence electrons. The summed E-state index contributed by atoms with van der Waals surface area (Å²) in [5.41, 5.74) is -1.27. The Balaban J connectivity index is 0.981. The topological polar surface area (TPSA) is 400 Å². The van der Waals surface area contributed by atoms with Crippen LogP contribution in [0.3, 0.4) is 0 Å². The molecule has 80 heavy (non-hydrogen) atoms. The lowest BCUT2D eigenvalue weighted by Gasteiger charge is -2.66. The standard InChI is InChI=1S/C55H90O25/c1-23(2)9-8-14-55(7,80-50-46(71)42(67)40(65)31(77-50)22-74-48-44(69)37(62)28(58)20-73-48)25-12-15-54(6)24-10-11-32-52(3,4)33(13-16-53(32,5)26(24)17-27(57)36(25)54)78-51-47(43(68)38(63)29(19-56)75-51)79-49-45(70)41(66)39(64)30(76-49)21-72-35(61)18-34(59)60/h9,24-33,36-51,56-58,62-71H,8,10-22H2,1-7H3,(H,59,60)/t24?,25?,26?,27?,28-,29-,30-,31-,32?,33?,36?,37?,38-,39-,40-,41+,42+,43+,44+,45-,46-,47?,48+,49+,50+,51+,53?,54+,55?/m1/s1. The first kappa shape index (κ1) is 63.9. The molecule has 0 aromatic heterocycles. The Hall–Kier alpha value is -2.16. The van der Waals surface area contributed by atoms with E-state index in [1.807, 2.05) is 20.8 Å². The second-order valence-electron chi connectivity index (χ2n) is 25.7. The quantitative estimate of drug-likeness (QED) is 0.0308. The average molecular weight is 1150 g/mol. The van der Waals surface area contributed by atoms with E-state index in [1.54, 1.807) is 0 Å². The van der Waals surface area contributed by atoms with Gasteiger partial charge in [0.25, 0.3) is 0 Å². The van der Waals surface area contributed by atoms with Crippen molar-refractivity contribution >= 4 is 11.9 Å². The van der Waals surface area contributed by atoms with Crippen LogP contribution in [0.2, 0.25) is 0 Å². The van der Waals surface area contributed by atoms with Gasteiger partial charge in [0, 0.05) is 0 Å². The molecule has 25 nitrogen and oxygen atoms in total. The van der Waals surface area contributed by atoms with E-state index in [2.05, 4.69) is 33.8 Å². The Morgan fingerprint density at radius 1 is 0.637 bits per heavy atom. The average Bonchev–Trinajstić information content (AvgIpc) is 3.58. The third kappa shape index (κ3) is 12.3. The van der Waals surface area contributed by atoms with Gasteiger partial charge >= 0.3 is 11.9 Å². The molecular weight excluding hydrogens is 1060 g/mol. The van der Waals surface area contributed by atoms with Crippen LogP contribution in [-0.2, 0) is 52.2 Å². The normalized spacial score (nSPS) is 49.1. The fraction of sp³-hybridized carbons (Fsp3) is 0.927. The van der Waals surface area contributed by atoms with Crippen LogP contribution in [-0.4, -0.2) is 244 Å². The second kappa shape index (κ2) is 25.0. The van der Waals surface area contributed by atoms with Crippen molar-refractivity contribution in [2.75, 3.05) is 26.4 Å². The maximum Gasteiger partial charge on any atom is 0.317 e. The zero-order valence-electron chi connectivity index (χ0n) is 46.7. The summed E-state index contributed by atoms with van der Waals surface area (Å²) in [7, 11) is 0. The third-order valence-corrected chi connectivity index (χ3v) is 20.2. The van der Waals surface area contributed by atoms with Gasteiger partial charge < -0.3 is 114 Å². The van der Waals surface area contributed by atoms with E-state index in [0.717, 1.165) is 24.8 Å². The van der Waals surface area contributed by atoms with Crippen LogP contribution >= 0.6 is 0 Å². The van der Waals surface area contributed by atoms with Crippen molar-refractivity contribution in [1.29, 1.82) is 0 Å². The van der Waals surface area contributed by atoms with E-state index in [1.165, 1.54) is 0 Å². The highest BCUT2D eigenvalue weighted by atomic mass is 16.8. The van der Waals surface area contributed by atoms with Crippen molar-refractivity contribution in [2.24, 2.45) is 45.8 Å². The Morgan fingerprint density at radius 3 is 1.89 bits per heavy atom. The van der Waals surface area contributed by atoms with Gasteiger partial charge in [-0.1, -0.05) is 39.3 Å². The van der Waals surface area contributed by atoms with Gasteiger partial charge in [-0.25, -0.2) is 0 Å². The first-order valence-corrected chi connectivity index (χ1v) is 28.5. The highest BCUT2D eigenvalue weighted by Crippen LogP contribution is 2.71. The minimum Gasteiger partial charge on any atom is -0.481 e. The molecule has 0 aromatic carbocycles. The van der Waals surface area contributed by atoms with Gasteiger partial charge in [-0.3, -0.25) is 9.59 Å². The number of hydrogen-bond donors (Lipinski definition) is 14. The number of carbonyl (C=O) groups excluding carboxylic acids is 1. The lowest BCUT2D eigenvalue weighted by molar-refractivity contribution is -0.378. The maximum atomic E-state index is 12.7. The summed E-state index contributed by atoms with van der Waals surface area (Å²) in [5.74, 6) is -2.88. The molecule has 0 aromatic rings. The molecule has 11 unspecified atom stereocenters. The molecule has 8 rings (SSSR count).